The molecular weight excluding hydrogens is 84.1 g/mol. The molecule has 0 heterocycles. The zero-order valence-corrected chi connectivity index (χ0v) is 4.91. The van der Waals surface area contributed by atoms with Gasteiger partial charge in [-0.15, -0.1) is 0 Å². The molecule has 40 valence electrons. The molecule has 0 aromatic heterocycles. The lowest BCUT2D eigenvalue weighted by atomic mass is 9.95. The number of allylic oxidation sites excluding steroid dienone is 2. The Balaban J connectivity index is 2.15. The minimum absolute atomic E-state index is 1.33. The summed E-state index contributed by atoms with van der Waals surface area (Å²) in [5.74, 6) is 0. The van der Waals surface area contributed by atoms with E-state index in [9.17, 15) is 0 Å². The van der Waals surface area contributed by atoms with Crippen molar-refractivity contribution in [2.75, 3.05) is 0 Å². The first kappa shape index (κ1) is 4.89. The second-order valence-corrected chi connectivity index (χ2v) is 2.15. The summed E-state index contributed by atoms with van der Waals surface area (Å²) in [6.07, 6.45) is 7.75. The average molecular weight is 96.2 g/mol. The van der Waals surface area contributed by atoms with Crippen molar-refractivity contribution < 1.29 is 0 Å². The Morgan fingerprint density at radius 3 is 2.57 bits per heavy atom. The van der Waals surface area contributed by atoms with Crippen LogP contribution < -0.4 is 0 Å². The predicted octanol–water partition coefficient (Wildman–Crippen LogP) is 2.51. The van der Waals surface area contributed by atoms with Crippen LogP contribution in [0.4, 0.5) is 0 Å². The molecule has 0 aliphatic heterocycles. The molecule has 0 heteroatoms. The summed E-state index contributed by atoms with van der Waals surface area (Å²) < 4.78 is 0. The molecule has 0 aromatic rings. The van der Waals surface area contributed by atoms with Gasteiger partial charge >= 0.3 is 0 Å². The molecular formula is C7H12. The highest BCUT2D eigenvalue weighted by atomic mass is 14.1. The average Bonchev–Trinajstić information content (AvgIpc) is 1.55. The minimum Gasteiger partial charge on any atom is -0.0850 e. The summed E-state index contributed by atoms with van der Waals surface area (Å²) in [5.41, 5.74) is 1.68. The third-order valence-corrected chi connectivity index (χ3v) is 1.47. The van der Waals surface area contributed by atoms with E-state index in [1.807, 2.05) is 0 Å². The first-order valence-corrected chi connectivity index (χ1v) is 3.11. The first-order chi connectivity index (χ1) is 3.43. The van der Waals surface area contributed by atoms with Crippen LogP contribution in [0.5, 0.6) is 0 Å². The molecule has 1 aliphatic carbocycles. The normalized spacial score (nSPS) is 18.1. The van der Waals surface area contributed by atoms with Crippen molar-refractivity contribution in [1.29, 1.82) is 0 Å². The summed E-state index contributed by atoms with van der Waals surface area (Å²) >= 11 is 0. The number of hydrogen-bond acceptors (Lipinski definition) is 0. The van der Waals surface area contributed by atoms with Gasteiger partial charge < -0.3 is 0 Å². The van der Waals surface area contributed by atoms with Crippen molar-refractivity contribution in [3.8, 4) is 0 Å². The Hall–Kier alpha value is -0.260. The van der Waals surface area contributed by atoms with Gasteiger partial charge in [0.05, 0.1) is 0 Å². The summed E-state index contributed by atoms with van der Waals surface area (Å²) in [5, 5.41) is 0. The van der Waals surface area contributed by atoms with E-state index in [0.717, 1.165) is 0 Å². The van der Waals surface area contributed by atoms with Crippen molar-refractivity contribution in [3.63, 3.8) is 0 Å². The van der Waals surface area contributed by atoms with Crippen LogP contribution in [-0.4, -0.2) is 0 Å². The smallest absolute Gasteiger partial charge is 0.0285 e. The highest BCUT2D eigenvalue weighted by Crippen LogP contribution is 2.21. The van der Waals surface area contributed by atoms with E-state index in [2.05, 4.69) is 13.0 Å². The molecule has 0 fully saturated rings. The zero-order chi connectivity index (χ0) is 5.11. The van der Waals surface area contributed by atoms with Gasteiger partial charge in [0.15, 0.2) is 0 Å². The van der Waals surface area contributed by atoms with E-state index in [4.69, 9.17) is 0 Å². The lowest BCUT2D eigenvalue weighted by Gasteiger charge is -2.11. The van der Waals surface area contributed by atoms with Crippen LogP contribution in [-0.2, 0) is 0 Å². The molecule has 0 aromatic carbocycles. The summed E-state index contributed by atoms with van der Waals surface area (Å²) in [6, 6.07) is 0. The molecule has 0 nitrogen and oxygen atoms in total. The third-order valence-electron chi connectivity index (χ3n) is 1.47. The van der Waals surface area contributed by atoms with E-state index in [1.165, 1.54) is 25.7 Å². The van der Waals surface area contributed by atoms with Crippen molar-refractivity contribution in [3.05, 3.63) is 11.6 Å². The zero-order valence-electron chi connectivity index (χ0n) is 4.91. The Labute approximate surface area is 45.2 Å². The van der Waals surface area contributed by atoms with Crippen molar-refractivity contribution in [2.45, 2.75) is 32.6 Å². The van der Waals surface area contributed by atoms with Gasteiger partial charge in [-0.3, -0.25) is 0 Å². The van der Waals surface area contributed by atoms with Crippen molar-refractivity contribution >= 4 is 0 Å². The topological polar surface area (TPSA) is 0 Å². The fraction of sp³-hybridized carbons (Fsp3) is 0.714. The van der Waals surface area contributed by atoms with E-state index >= 15 is 0 Å². The van der Waals surface area contributed by atoms with E-state index in [1.54, 1.807) is 5.57 Å². The van der Waals surface area contributed by atoms with Crippen LogP contribution in [0, 0.1) is 0 Å². The van der Waals surface area contributed by atoms with Gasteiger partial charge in [0.1, 0.15) is 0 Å². The van der Waals surface area contributed by atoms with E-state index in [0.29, 0.717) is 0 Å². The Morgan fingerprint density at radius 2 is 2.43 bits per heavy atom. The predicted molar refractivity (Wildman–Crippen MR) is 32.2 cm³/mol. The molecule has 0 unspecified atom stereocenters. The van der Waals surface area contributed by atoms with Crippen LogP contribution in [0.3, 0.4) is 0 Å². The Kier molecular flexibility index (Phi) is 1.50. The van der Waals surface area contributed by atoms with Gasteiger partial charge in [0.2, 0.25) is 0 Å². The highest BCUT2D eigenvalue weighted by molar-refractivity contribution is 5.11. The standard InChI is InChI=1S/C7H12/c1-2-4-7-5-3-6-7/h5H,2-4,6H2,1H3. The molecule has 0 saturated heterocycles. The number of hydrogen-bond donors (Lipinski definition) is 0. The van der Waals surface area contributed by atoms with Crippen LogP contribution in [0.25, 0.3) is 0 Å². The van der Waals surface area contributed by atoms with E-state index in [-0.39, 0.29) is 0 Å². The molecule has 1 rings (SSSR count). The lowest BCUT2D eigenvalue weighted by molar-refractivity contribution is 0.763. The summed E-state index contributed by atoms with van der Waals surface area (Å²) in [4.78, 5) is 0. The maximum atomic E-state index is 2.35. The molecule has 0 amide bonds. The third kappa shape index (κ3) is 1.05. The van der Waals surface area contributed by atoms with Crippen molar-refractivity contribution in [1.82, 2.24) is 0 Å². The molecule has 0 bridgehead atoms. The fourth-order valence-electron chi connectivity index (χ4n) is 0.897. The van der Waals surface area contributed by atoms with Crippen LogP contribution in [0.15, 0.2) is 11.6 Å². The maximum Gasteiger partial charge on any atom is -0.0285 e. The minimum atomic E-state index is 1.33. The van der Waals surface area contributed by atoms with Gasteiger partial charge in [-0.05, 0) is 19.3 Å². The van der Waals surface area contributed by atoms with E-state index < -0.39 is 0 Å². The largest absolute Gasteiger partial charge is 0.0850 e. The lowest BCUT2D eigenvalue weighted by Crippen LogP contribution is -1.91. The van der Waals surface area contributed by atoms with Crippen LogP contribution in [0.1, 0.15) is 32.6 Å². The van der Waals surface area contributed by atoms with Crippen LogP contribution >= 0.6 is 0 Å². The Morgan fingerprint density at radius 1 is 1.71 bits per heavy atom. The molecule has 7 heavy (non-hydrogen) atoms. The first-order valence-electron chi connectivity index (χ1n) is 3.11. The maximum absolute atomic E-state index is 2.35. The molecule has 0 saturated carbocycles. The van der Waals surface area contributed by atoms with Gasteiger partial charge in [-0.1, -0.05) is 25.0 Å². The van der Waals surface area contributed by atoms with Gasteiger partial charge in [-0.2, -0.15) is 0 Å². The molecule has 0 spiro atoms. The molecule has 1 aliphatic rings. The molecule has 0 atom stereocenters. The quantitative estimate of drug-likeness (QED) is 0.463. The van der Waals surface area contributed by atoms with Gasteiger partial charge in [0.25, 0.3) is 0 Å². The molecule has 0 radical (unpaired) electrons. The summed E-state index contributed by atoms with van der Waals surface area (Å²) in [6.45, 7) is 2.24. The monoisotopic (exact) mass is 96.1 g/mol. The van der Waals surface area contributed by atoms with Crippen molar-refractivity contribution in [2.24, 2.45) is 0 Å². The number of rotatable bonds is 2. The molecule has 0 N–H and O–H groups in total. The van der Waals surface area contributed by atoms with Gasteiger partial charge in [-0.25, -0.2) is 0 Å². The second kappa shape index (κ2) is 2.15. The summed E-state index contributed by atoms with van der Waals surface area (Å²) in [7, 11) is 0. The highest BCUT2D eigenvalue weighted by Gasteiger charge is 2.01. The van der Waals surface area contributed by atoms with Crippen LogP contribution in [0.2, 0.25) is 0 Å². The van der Waals surface area contributed by atoms with Gasteiger partial charge in [0, 0.05) is 0 Å². The fourth-order valence-corrected chi connectivity index (χ4v) is 0.897. The Bertz CT molecular complexity index is 80.0. The second-order valence-electron chi connectivity index (χ2n) is 2.15. The SMILES string of the molecule is CCCC1=CCC1.